The van der Waals surface area contributed by atoms with E-state index in [1.807, 2.05) is 6.20 Å². The van der Waals surface area contributed by atoms with Crippen molar-refractivity contribution in [3.63, 3.8) is 0 Å². The van der Waals surface area contributed by atoms with Crippen molar-refractivity contribution in [2.24, 2.45) is 10.8 Å². The lowest BCUT2D eigenvalue weighted by Crippen LogP contribution is -2.31. The third kappa shape index (κ3) is 3.11. The highest BCUT2D eigenvalue weighted by Gasteiger charge is 2.38. The SMILES string of the molecule is CC1(C)CCC(C#N)(Cc2cncc(Br)c2)CC1. The number of nitriles is 1. The molecule has 1 aliphatic carbocycles. The van der Waals surface area contributed by atoms with Crippen molar-refractivity contribution in [1.82, 2.24) is 4.98 Å². The van der Waals surface area contributed by atoms with Crippen LogP contribution in [0.1, 0.15) is 45.1 Å². The minimum atomic E-state index is -0.183. The molecule has 0 aromatic carbocycles. The molecule has 3 heteroatoms. The smallest absolute Gasteiger partial charge is 0.0693 e. The van der Waals surface area contributed by atoms with Gasteiger partial charge in [-0.1, -0.05) is 13.8 Å². The predicted molar refractivity (Wildman–Crippen MR) is 75.9 cm³/mol. The Hall–Kier alpha value is -0.880. The summed E-state index contributed by atoms with van der Waals surface area (Å²) in [7, 11) is 0. The van der Waals surface area contributed by atoms with E-state index in [-0.39, 0.29) is 5.41 Å². The summed E-state index contributed by atoms with van der Waals surface area (Å²) >= 11 is 3.44. The Bertz CT molecular complexity index is 464. The molecule has 0 saturated heterocycles. The molecule has 0 spiro atoms. The van der Waals surface area contributed by atoms with Crippen LogP contribution in [0.4, 0.5) is 0 Å². The van der Waals surface area contributed by atoms with Crippen LogP contribution in [0.5, 0.6) is 0 Å². The number of hydrogen-bond donors (Lipinski definition) is 0. The minimum Gasteiger partial charge on any atom is -0.263 e. The van der Waals surface area contributed by atoms with Gasteiger partial charge in [0.1, 0.15) is 0 Å². The lowest BCUT2D eigenvalue weighted by Gasteiger charge is -2.39. The van der Waals surface area contributed by atoms with Gasteiger partial charge in [-0.3, -0.25) is 4.98 Å². The highest BCUT2D eigenvalue weighted by Crippen LogP contribution is 2.46. The highest BCUT2D eigenvalue weighted by atomic mass is 79.9. The molecule has 2 nitrogen and oxygen atoms in total. The van der Waals surface area contributed by atoms with E-state index in [9.17, 15) is 5.26 Å². The first-order chi connectivity index (χ1) is 8.45. The first-order valence-electron chi connectivity index (χ1n) is 6.46. The highest BCUT2D eigenvalue weighted by molar-refractivity contribution is 9.10. The van der Waals surface area contributed by atoms with Crippen molar-refractivity contribution in [2.75, 3.05) is 0 Å². The van der Waals surface area contributed by atoms with Gasteiger partial charge in [-0.2, -0.15) is 5.26 Å². The van der Waals surface area contributed by atoms with Crippen LogP contribution < -0.4 is 0 Å². The van der Waals surface area contributed by atoms with Gasteiger partial charge in [0.25, 0.3) is 0 Å². The second-order valence-corrected chi connectivity index (χ2v) is 7.16. The molecular formula is C15H19BrN2. The summed E-state index contributed by atoms with van der Waals surface area (Å²) in [5.41, 5.74) is 1.37. The van der Waals surface area contributed by atoms with E-state index < -0.39 is 0 Å². The third-order valence-corrected chi connectivity index (χ3v) is 4.54. The topological polar surface area (TPSA) is 36.7 Å². The lowest BCUT2D eigenvalue weighted by molar-refractivity contribution is 0.146. The van der Waals surface area contributed by atoms with Gasteiger partial charge in [-0.05, 0) is 65.1 Å². The van der Waals surface area contributed by atoms with Crippen molar-refractivity contribution in [3.05, 3.63) is 28.5 Å². The van der Waals surface area contributed by atoms with Gasteiger partial charge in [-0.25, -0.2) is 0 Å². The lowest BCUT2D eigenvalue weighted by atomic mass is 9.64. The molecule has 18 heavy (non-hydrogen) atoms. The quantitative estimate of drug-likeness (QED) is 0.807. The van der Waals surface area contributed by atoms with E-state index in [0.29, 0.717) is 5.41 Å². The number of halogens is 1. The van der Waals surface area contributed by atoms with E-state index in [4.69, 9.17) is 0 Å². The summed E-state index contributed by atoms with van der Waals surface area (Å²) < 4.78 is 0.990. The Kier molecular flexibility index (Phi) is 3.77. The monoisotopic (exact) mass is 306 g/mol. The van der Waals surface area contributed by atoms with Crippen LogP contribution in [-0.2, 0) is 6.42 Å². The van der Waals surface area contributed by atoms with Gasteiger partial charge < -0.3 is 0 Å². The fourth-order valence-corrected chi connectivity index (χ4v) is 3.09. The molecule has 0 aliphatic heterocycles. The normalized spacial score (nSPS) is 21.2. The van der Waals surface area contributed by atoms with Crippen LogP contribution in [-0.4, -0.2) is 4.98 Å². The summed E-state index contributed by atoms with van der Waals surface area (Å²) in [5, 5.41) is 9.56. The summed E-state index contributed by atoms with van der Waals surface area (Å²) in [6, 6.07) is 4.66. The molecule has 1 fully saturated rings. The van der Waals surface area contributed by atoms with Crippen molar-refractivity contribution in [3.8, 4) is 6.07 Å². The zero-order valence-electron chi connectivity index (χ0n) is 11.0. The van der Waals surface area contributed by atoms with E-state index in [2.05, 4.69) is 46.9 Å². The molecule has 0 bridgehead atoms. The molecule has 1 aromatic heterocycles. The first-order valence-corrected chi connectivity index (χ1v) is 7.25. The average molecular weight is 307 g/mol. The van der Waals surface area contributed by atoms with E-state index in [1.165, 1.54) is 0 Å². The van der Waals surface area contributed by atoms with E-state index >= 15 is 0 Å². The maximum Gasteiger partial charge on any atom is 0.0693 e. The number of hydrogen-bond acceptors (Lipinski definition) is 2. The van der Waals surface area contributed by atoms with Gasteiger partial charge in [0, 0.05) is 16.9 Å². The van der Waals surface area contributed by atoms with Crippen LogP contribution in [0.25, 0.3) is 0 Å². The molecule has 0 amide bonds. The van der Waals surface area contributed by atoms with Crippen molar-refractivity contribution >= 4 is 15.9 Å². The van der Waals surface area contributed by atoms with Crippen molar-refractivity contribution < 1.29 is 0 Å². The maximum atomic E-state index is 9.56. The Labute approximate surface area is 118 Å². The molecule has 96 valence electrons. The van der Waals surface area contributed by atoms with Crippen LogP contribution >= 0.6 is 15.9 Å². The zero-order valence-corrected chi connectivity index (χ0v) is 12.6. The second-order valence-electron chi connectivity index (χ2n) is 6.24. The number of aromatic nitrogens is 1. The molecule has 2 rings (SSSR count). The molecule has 0 radical (unpaired) electrons. The second kappa shape index (κ2) is 5.01. The van der Waals surface area contributed by atoms with Crippen LogP contribution in [0.3, 0.4) is 0 Å². The molecule has 0 N–H and O–H groups in total. The van der Waals surface area contributed by atoms with Crippen LogP contribution in [0.15, 0.2) is 22.9 Å². The van der Waals surface area contributed by atoms with Crippen LogP contribution in [0, 0.1) is 22.2 Å². The minimum absolute atomic E-state index is 0.183. The van der Waals surface area contributed by atoms with Gasteiger partial charge in [0.05, 0.1) is 11.5 Å². The number of pyridine rings is 1. The molecule has 1 heterocycles. The average Bonchev–Trinajstić information content (AvgIpc) is 2.33. The summed E-state index contributed by atoms with van der Waals surface area (Å²) in [6.07, 6.45) is 8.78. The van der Waals surface area contributed by atoms with Gasteiger partial charge in [0.15, 0.2) is 0 Å². The largest absolute Gasteiger partial charge is 0.263 e. The molecular weight excluding hydrogens is 288 g/mol. The van der Waals surface area contributed by atoms with E-state index in [0.717, 1.165) is 42.1 Å². The van der Waals surface area contributed by atoms with Crippen molar-refractivity contribution in [2.45, 2.75) is 46.0 Å². The molecule has 0 atom stereocenters. The van der Waals surface area contributed by atoms with Gasteiger partial charge in [-0.15, -0.1) is 0 Å². The van der Waals surface area contributed by atoms with Gasteiger partial charge in [0.2, 0.25) is 0 Å². The standard InChI is InChI=1S/C15H19BrN2/c1-14(2)3-5-15(11-17,6-4-14)8-12-7-13(16)10-18-9-12/h7,9-10H,3-6,8H2,1-2H3. The Balaban J connectivity index is 2.13. The molecule has 1 aliphatic rings. The Morgan fingerprint density at radius 2 is 1.94 bits per heavy atom. The zero-order chi connectivity index (χ0) is 13.2. The third-order valence-electron chi connectivity index (χ3n) is 4.10. The molecule has 0 unspecified atom stereocenters. The first kappa shape index (κ1) is 13.5. The summed E-state index contributed by atoms with van der Waals surface area (Å²) in [5.74, 6) is 0. The molecule has 1 saturated carbocycles. The molecule has 1 aromatic rings. The fourth-order valence-electron chi connectivity index (χ4n) is 2.68. The summed E-state index contributed by atoms with van der Waals surface area (Å²) in [6.45, 7) is 4.60. The predicted octanol–water partition coefficient (Wildman–Crippen LogP) is 4.50. The summed E-state index contributed by atoms with van der Waals surface area (Å²) in [4.78, 5) is 4.19. The maximum absolute atomic E-state index is 9.56. The van der Waals surface area contributed by atoms with Crippen molar-refractivity contribution in [1.29, 1.82) is 5.26 Å². The Morgan fingerprint density at radius 1 is 1.28 bits per heavy atom. The van der Waals surface area contributed by atoms with E-state index in [1.54, 1.807) is 6.20 Å². The number of rotatable bonds is 2. The fraction of sp³-hybridized carbons (Fsp3) is 0.600. The van der Waals surface area contributed by atoms with Crippen LogP contribution in [0.2, 0.25) is 0 Å². The Morgan fingerprint density at radius 3 is 2.50 bits per heavy atom. The van der Waals surface area contributed by atoms with Gasteiger partial charge >= 0.3 is 0 Å². The number of nitrogens with zero attached hydrogens (tertiary/aromatic N) is 2.